The highest BCUT2D eigenvalue weighted by molar-refractivity contribution is 6.19. The van der Waals surface area contributed by atoms with Gasteiger partial charge in [0.05, 0.1) is 7.11 Å². The van der Waals surface area contributed by atoms with Crippen molar-refractivity contribution in [3.8, 4) is 5.75 Å². The summed E-state index contributed by atoms with van der Waals surface area (Å²) in [5, 5.41) is 2.01. The number of methoxy groups -OCH3 is 1. The highest BCUT2D eigenvalue weighted by Crippen LogP contribution is 2.23. The lowest BCUT2D eigenvalue weighted by molar-refractivity contribution is -0.141. The summed E-state index contributed by atoms with van der Waals surface area (Å²) in [5.41, 5.74) is 1.65. The van der Waals surface area contributed by atoms with Crippen LogP contribution in [0.4, 0.5) is 0 Å². The highest BCUT2D eigenvalue weighted by Gasteiger charge is 2.16. The van der Waals surface area contributed by atoms with Crippen LogP contribution < -0.4 is 4.74 Å². The minimum absolute atomic E-state index is 0.0267. The van der Waals surface area contributed by atoms with E-state index in [1.54, 1.807) is 13.2 Å². The van der Waals surface area contributed by atoms with Crippen molar-refractivity contribution in [2.45, 2.75) is 13.5 Å². The van der Waals surface area contributed by atoms with Gasteiger partial charge in [-0.25, -0.2) is 4.79 Å². The highest BCUT2D eigenvalue weighted by atomic mass is 16.5. The number of hydrogen-bond acceptors (Lipinski definition) is 4. The topological polar surface area (TPSA) is 52.6 Å². The Hall–Kier alpha value is -3.40. The predicted molar refractivity (Wildman–Crippen MR) is 105 cm³/mol. The van der Waals surface area contributed by atoms with Crippen LogP contribution in [0.5, 0.6) is 5.75 Å². The number of benzene rings is 3. The Morgan fingerprint density at radius 3 is 2.33 bits per heavy atom. The summed E-state index contributed by atoms with van der Waals surface area (Å²) in [6.45, 7) is 1.49. The van der Waals surface area contributed by atoms with Crippen molar-refractivity contribution in [1.82, 2.24) is 0 Å². The Morgan fingerprint density at radius 1 is 0.926 bits per heavy atom. The van der Waals surface area contributed by atoms with E-state index in [0.29, 0.717) is 0 Å². The van der Waals surface area contributed by atoms with E-state index in [2.05, 4.69) is 0 Å². The van der Waals surface area contributed by atoms with Crippen LogP contribution in [-0.2, 0) is 20.9 Å². The van der Waals surface area contributed by atoms with Crippen molar-refractivity contribution >= 4 is 28.6 Å². The van der Waals surface area contributed by atoms with Crippen LogP contribution in [0.1, 0.15) is 18.1 Å². The summed E-state index contributed by atoms with van der Waals surface area (Å²) in [4.78, 5) is 24.3. The van der Waals surface area contributed by atoms with Gasteiger partial charge in [0.2, 0.25) is 0 Å². The van der Waals surface area contributed by atoms with Crippen LogP contribution in [-0.4, -0.2) is 18.9 Å². The molecule has 0 fully saturated rings. The molecule has 0 saturated carbocycles. The number of Topliss-reactive ketones (excluding diaryl/α,β-unsaturated/α-hetero) is 1. The lowest BCUT2D eigenvalue weighted by Crippen LogP contribution is -2.13. The summed E-state index contributed by atoms with van der Waals surface area (Å²) in [7, 11) is 1.62. The van der Waals surface area contributed by atoms with Gasteiger partial charge in [-0.2, -0.15) is 0 Å². The lowest BCUT2D eigenvalue weighted by Gasteiger charge is -2.07. The molecule has 0 bridgehead atoms. The van der Waals surface area contributed by atoms with E-state index in [4.69, 9.17) is 9.47 Å². The minimum atomic E-state index is -0.624. The second-order valence-electron chi connectivity index (χ2n) is 6.15. The monoisotopic (exact) mass is 360 g/mol. The normalized spacial score (nSPS) is 11.3. The summed E-state index contributed by atoms with van der Waals surface area (Å²) < 4.78 is 10.5. The number of ether oxygens (including phenoxy) is 2. The first kappa shape index (κ1) is 18.4. The molecule has 0 aromatic heterocycles. The lowest BCUT2D eigenvalue weighted by atomic mass is 10.0. The van der Waals surface area contributed by atoms with Gasteiger partial charge in [0.1, 0.15) is 17.9 Å². The molecular formula is C23H20O4. The molecule has 0 aliphatic heterocycles. The Labute approximate surface area is 158 Å². The van der Waals surface area contributed by atoms with Gasteiger partial charge in [-0.3, -0.25) is 4.79 Å². The SMILES string of the molecule is COc1ccc2cc(C=C(C(C)=O)C(=O)OCc3ccccc3)ccc2c1. The molecule has 136 valence electrons. The van der Waals surface area contributed by atoms with E-state index in [-0.39, 0.29) is 18.0 Å². The number of rotatable bonds is 6. The molecule has 0 radical (unpaired) electrons. The van der Waals surface area contributed by atoms with E-state index < -0.39 is 5.97 Å². The van der Waals surface area contributed by atoms with Gasteiger partial charge in [0.25, 0.3) is 0 Å². The van der Waals surface area contributed by atoms with Crippen LogP contribution >= 0.6 is 0 Å². The second kappa shape index (κ2) is 8.32. The number of ketones is 1. The van der Waals surface area contributed by atoms with Crippen molar-refractivity contribution < 1.29 is 19.1 Å². The van der Waals surface area contributed by atoms with Gasteiger partial charge in [-0.15, -0.1) is 0 Å². The fourth-order valence-corrected chi connectivity index (χ4v) is 2.73. The average molecular weight is 360 g/mol. The van der Waals surface area contributed by atoms with Crippen LogP contribution in [0, 0.1) is 0 Å². The summed E-state index contributed by atoms with van der Waals surface area (Å²) >= 11 is 0. The number of carbonyl (C=O) groups is 2. The maximum atomic E-state index is 12.4. The van der Waals surface area contributed by atoms with Crippen molar-refractivity contribution in [2.24, 2.45) is 0 Å². The van der Waals surface area contributed by atoms with Crippen LogP contribution in [0.3, 0.4) is 0 Å². The van der Waals surface area contributed by atoms with Crippen molar-refractivity contribution in [1.29, 1.82) is 0 Å². The first-order valence-electron chi connectivity index (χ1n) is 8.58. The maximum Gasteiger partial charge on any atom is 0.342 e. The molecule has 4 heteroatoms. The third kappa shape index (κ3) is 4.61. The minimum Gasteiger partial charge on any atom is -0.497 e. The van der Waals surface area contributed by atoms with Crippen LogP contribution in [0.15, 0.2) is 72.3 Å². The van der Waals surface area contributed by atoms with E-state index in [9.17, 15) is 9.59 Å². The summed E-state index contributed by atoms with van der Waals surface area (Å²) in [6, 6.07) is 20.8. The van der Waals surface area contributed by atoms with Gasteiger partial charge < -0.3 is 9.47 Å². The first-order valence-corrected chi connectivity index (χ1v) is 8.58. The van der Waals surface area contributed by atoms with E-state index >= 15 is 0 Å². The fourth-order valence-electron chi connectivity index (χ4n) is 2.73. The average Bonchev–Trinajstić information content (AvgIpc) is 2.70. The Morgan fingerprint density at radius 2 is 1.63 bits per heavy atom. The molecule has 0 aliphatic carbocycles. The molecule has 0 atom stereocenters. The largest absolute Gasteiger partial charge is 0.497 e. The van der Waals surface area contributed by atoms with E-state index in [0.717, 1.165) is 27.6 Å². The molecule has 27 heavy (non-hydrogen) atoms. The van der Waals surface area contributed by atoms with E-state index in [1.165, 1.54) is 6.92 Å². The molecule has 4 nitrogen and oxygen atoms in total. The molecule has 3 aromatic carbocycles. The van der Waals surface area contributed by atoms with Crippen LogP contribution in [0.2, 0.25) is 0 Å². The summed E-state index contributed by atoms with van der Waals surface area (Å²) in [6.07, 6.45) is 1.57. The number of fused-ring (bicyclic) bond motifs is 1. The zero-order valence-electron chi connectivity index (χ0n) is 15.3. The standard InChI is InChI=1S/C23H20O4/c1-16(24)22(23(25)27-15-17-6-4-3-5-7-17)13-18-8-9-20-14-21(26-2)11-10-19(20)12-18/h3-14H,15H2,1-2H3. The number of carbonyl (C=O) groups excluding carboxylic acids is 2. The van der Waals surface area contributed by atoms with Crippen molar-refractivity contribution in [3.05, 3.63) is 83.4 Å². The molecule has 0 aliphatic rings. The molecule has 3 aromatic rings. The molecule has 0 amide bonds. The van der Waals surface area contributed by atoms with Gasteiger partial charge >= 0.3 is 5.97 Å². The Bertz CT molecular complexity index is 1000. The van der Waals surface area contributed by atoms with Crippen molar-refractivity contribution in [3.63, 3.8) is 0 Å². The van der Waals surface area contributed by atoms with Crippen LogP contribution in [0.25, 0.3) is 16.8 Å². The molecule has 0 N–H and O–H groups in total. The molecule has 3 rings (SSSR count). The predicted octanol–water partition coefficient (Wildman–Crippen LogP) is 4.56. The Balaban J connectivity index is 1.83. The smallest absolute Gasteiger partial charge is 0.342 e. The third-order valence-corrected chi connectivity index (χ3v) is 4.19. The maximum absolute atomic E-state index is 12.4. The second-order valence-corrected chi connectivity index (χ2v) is 6.15. The first-order chi connectivity index (χ1) is 13.1. The third-order valence-electron chi connectivity index (χ3n) is 4.19. The van der Waals surface area contributed by atoms with Crippen molar-refractivity contribution in [2.75, 3.05) is 7.11 Å². The number of esters is 1. The zero-order chi connectivity index (χ0) is 19.2. The molecule has 0 heterocycles. The zero-order valence-corrected chi connectivity index (χ0v) is 15.3. The van der Waals surface area contributed by atoms with Gasteiger partial charge in [-0.05, 0) is 53.1 Å². The van der Waals surface area contributed by atoms with Gasteiger partial charge in [0, 0.05) is 0 Å². The quantitative estimate of drug-likeness (QED) is 0.280. The summed E-state index contributed by atoms with van der Waals surface area (Å²) in [5.74, 6) is -0.177. The van der Waals surface area contributed by atoms with Gasteiger partial charge in [-0.1, -0.05) is 48.5 Å². The van der Waals surface area contributed by atoms with Gasteiger partial charge in [0.15, 0.2) is 5.78 Å². The van der Waals surface area contributed by atoms with E-state index in [1.807, 2.05) is 66.7 Å². The molecule has 0 spiro atoms. The molecular weight excluding hydrogens is 340 g/mol. The molecule has 0 unspecified atom stereocenters. The fraction of sp³-hybridized carbons (Fsp3) is 0.130. The Kier molecular flexibility index (Phi) is 5.67. The number of hydrogen-bond donors (Lipinski definition) is 0. The molecule has 0 saturated heterocycles.